The van der Waals surface area contributed by atoms with Crippen molar-refractivity contribution in [2.75, 3.05) is 0 Å². The molecule has 0 unspecified atom stereocenters. The van der Waals surface area contributed by atoms with Crippen LogP contribution < -0.4 is 4.74 Å². The van der Waals surface area contributed by atoms with Gasteiger partial charge in [-0.25, -0.2) is 9.37 Å². The van der Waals surface area contributed by atoms with Crippen LogP contribution in [0.25, 0.3) is 0 Å². The Morgan fingerprint density at radius 3 is 2.55 bits per heavy atom. The second kappa shape index (κ2) is 5.91. The van der Waals surface area contributed by atoms with Gasteiger partial charge in [0, 0.05) is 11.5 Å². The maximum atomic E-state index is 13.8. The highest BCUT2D eigenvalue weighted by Crippen LogP contribution is 2.27. The Bertz CT molecular complexity index is 685. The molecule has 118 valence electrons. The molecule has 0 aliphatic carbocycles. The van der Waals surface area contributed by atoms with Crippen LogP contribution in [0.15, 0.2) is 28.8 Å². The molecule has 0 bridgehead atoms. The summed E-state index contributed by atoms with van der Waals surface area (Å²) >= 11 is 0. The molecule has 0 amide bonds. The molecule has 1 atom stereocenters. The number of rotatable bonds is 4. The number of halogens is 1. The number of Topliss-reactive ketones (excluding diaryl/α,β-unsaturated/α-hetero) is 1. The van der Waals surface area contributed by atoms with E-state index < -0.39 is 11.9 Å². The average molecular weight is 305 g/mol. The molecule has 0 saturated heterocycles. The molecule has 4 nitrogen and oxygen atoms in total. The minimum atomic E-state index is -0.597. The van der Waals surface area contributed by atoms with Gasteiger partial charge in [-0.3, -0.25) is 4.79 Å². The van der Waals surface area contributed by atoms with Crippen molar-refractivity contribution in [3.05, 3.63) is 47.4 Å². The summed E-state index contributed by atoms with van der Waals surface area (Å²) in [5.74, 6) is 0.599. The first kappa shape index (κ1) is 16.2. The lowest BCUT2D eigenvalue weighted by Gasteiger charge is -2.15. The van der Waals surface area contributed by atoms with Gasteiger partial charge in [-0.2, -0.15) is 0 Å². The summed E-state index contributed by atoms with van der Waals surface area (Å²) in [6.45, 7) is 9.17. The molecular weight excluding hydrogens is 285 g/mol. The van der Waals surface area contributed by atoms with Crippen molar-refractivity contribution in [3.8, 4) is 5.75 Å². The van der Waals surface area contributed by atoms with Gasteiger partial charge in [0.15, 0.2) is 11.9 Å². The van der Waals surface area contributed by atoms with E-state index in [0.717, 1.165) is 5.76 Å². The summed E-state index contributed by atoms with van der Waals surface area (Å²) in [6.07, 6.45) is 1.22. The Morgan fingerprint density at radius 1 is 1.36 bits per heavy atom. The van der Waals surface area contributed by atoms with Gasteiger partial charge in [0.05, 0.1) is 11.8 Å². The standard InChI is InChI=1S/C17H20FNO3/c1-10(20)13-7-6-12(8-14(13)18)21-11(2)16-19-9-15(22-16)17(3,4)5/h6-9,11H,1-5H3/t11-/m0/s1. The molecule has 2 rings (SSSR count). The van der Waals surface area contributed by atoms with Crippen molar-refractivity contribution in [2.45, 2.75) is 46.1 Å². The van der Waals surface area contributed by atoms with Crippen LogP contribution in [0.4, 0.5) is 4.39 Å². The van der Waals surface area contributed by atoms with Gasteiger partial charge in [0.2, 0.25) is 5.89 Å². The van der Waals surface area contributed by atoms with E-state index in [4.69, 9.17) is 9.15 Å². The number of oxazole rings is 1. The lowest BCUT2D eigenvalue weighted by Crippen LogP contribution is -2.09. The van der Waals surface area contributed by atoms with E-state index in [1.807, 2.05) is 20.8 Å². The van der Waals surface area contributed by atoms with Crippen molar-refractivity contribution >= 4 is 5.78 Å². The number of carbonyl (C=O) groups excluding carboxylic acids is 1. The first-order chi connectivity index (χ1) is 10.2. The van der Waals surface area contributed by atoms with Crippen LogP contribution in [0.3, 0.4) is 0 Å². The largest absolute Gasteiger partial charge is 0.481 e. The molecule has 0 aliphatic heterocycles. The lowest BCUT2D eigenvalue weighted by molar-refractivity contribution is 0.101. The van der Waals surface area contributed by atoms with Crippen LogP contribution in [0.2, 0.25) is 0 Å². The summed E-state index contributed by atoms with van der Waals surface area (Å²) < 4.78 is 25.1. The molecule has 0 fully saturated rings. The van der Waals surface area contributed by atoms with Gasteiger partial charge in [0.25, 0.3) is 0 Å². The van der Waals surface area contributed by atoms with Gasteiger partial charge in [0.1, 0.15) is 17.3 Å². The Balaban J connectivity index is 2.15. The third kappa shape index (κ3) is 3.53. The average Bonchev–Trinajstić information content (AvgIpc) is 2.87. The number of carbonyl (C=O) groups is 1. The fraction of sp³-hybridized carbons (Fsp3) is 0.412. The van der Waals surface area contributed by atoms with E-state index in [-0.39, 0.29) is 16.8 Å². The van der Waals surface area contributed by atoms with Crippen molar-refractivity contribution in [3.63, 3.8) is 0 Å². The second-order valence-corrected chi connectivity index (χ2v) is 6.27. The monoisotopic (exact) mass is 305 g/mol. The van der Waals surface area contributed by atoms with E-state index in [1.54, 1.807) is 19.2 Å². The van der Waals surface area contributed by atoms with E-state index in [9.17, 15) is 9.18 Å². The number of ketones is 1. The zero-order chi connectivity index (χ0) is 16.5. The summed E-state index contributed by atoms with van der Waals surface area (Å²) in [5, 5.41) is 0. The smallest absolute Gasteiger partial charge is 0.235 e. The zero-order valence-electron chi connectivity index (χ0n) is 13.4. The highest BCUT2D eigenvalue weighted by molar-refractivity contribution is 5.94. The maximum Gasteiger partial charge on any atom is 0.235 e. The van der Waals surface area contributed by atoms with E-state index in [2.05, 4.69) is 4.98 Å². The topological polar surface area (TPSA) is 52.3 Å². The minimum absolute atomic E-state index is 0.0474. The number of hydrogen-bond acceptors (Lipinski definition) is 4. The quantitative estimate of drug-likeness (QED) is 0.783. The Labute approximate surface area is 129 Å². The molecule has 2 aromatic rings. The van der Waals surface area contributed by atoms with Crippen LogP contribution in [0.1, 0.15) is 62.7 Å². The number of ether oxygens (including phenoxy) is 1. The van der Waals surface area contributed by atoms with Crippen molar-refractivity contribution in [2.24, 2.45) is 0 Å². The molecule has 0 spiro atoms. The van der Waals surface area contributed by atoms with Gasteiger partial charge in [-0.1, -0.05) is 20.8 Å². The van der Waals surface area contributed by atoms with E-state index in [0.29, 0.717) is 11.6 Å². The third-order valence-electron chi connectivity index (χ3n) is 3.24. The van der Waals surface area contributed by atoms with Crippen molar-refractivity contribution in [1.82, 2.24) is 4.98 Å². The third-order valence-corrected chi connectivity index (χ3v) is 3.24. The van der Waals surface area contributed by atoms with Crippen LogP contribution in [0.5, 0.6) is 5.75 Å². The molecule has 5 heteroatoms. The summed E-state index contributed by atoms with van der Waals surface area (Å²) in [7, 11) is 0. The summed E-state index contributed by atoms with van der Waals surface area (Å²) in [6, 6.07) is 4.17. The second-order valence-electron chi connectivity index (χ2n) is 6.27. The molecular formula is C17H20FNO3. The number of aromatic nitrogens is 1. The zero-order valence-corrected chi connectivity index (χ0v) is 13.4. The van der Waals surface area contributed by atoms with Crippen LogP contribution in [-0.2, 0) is 5.41 Å². The number of nitrogens with zero attached hydrogens (tertiary/aromatic N) is 1. The first-order valence-corrected chi connectivity index (χ1v) is 7.12. The highest BCUT2D eigenvalue weighted by atomic mass is 19.1. The Morgan fingerprint density at radius 2 is 2.05 bits per heavy atom. The first-order valence-electron chi connectivity index (χ1n) is 7.12. The van der Waals surface area contributed by atoms with E-state index >= 15 is 0 Å². The highest BCUT2D eigenvalue weighted by Gasteiger charge is 2.22. The fourth-order valence-electron chi connectivity index (χ4n) is 1.93. The molecule has 1 heterocycles. The maximum absolute atomic E-state index is 13.8. The summed E-state index contributed by atoms with van der Waals surface area (Å²) in [4.78, 5) is 15.4. The fourth-order valence-corrected chi connectivity index (χ4v) is 1.93. The lowest BCUT2D eigenvalue weighted by atomic mass is 9.94. The molecule has 1 aromatic heterocycles. The molecule has 0 saturated carbocycles. The van der Waals surface area contributed by atoms with Gasteiger partial charge < -0.3 is 9.15 Å². The van der Waals surface area contributed by atoms with E-state index in [1.165, 1.54) is 19.1 Å². The normalized spacial score (nSPS) is 13.0. The van der Waals surface area contributed by atoms with Crippen molar-refractivity contribution in [1.29, 1.82) is 0 Å². The SMILES string of the molecule is CC(=O)c1ccc(O[C@@H](C)c2ncc(C(C)(C)C)o2)cc1F. The van der Waals surface area contributed by atoms with Crippen LogP contribution in [-0.4, -0.2) is 10.8 Å². The van der Waals surface area contributed by atoms with Gasteiger partial charge in [-0.15, -0.1) is 0 Å². The minimum Gasteiger partial charge on any atom is -0.481 e. The molecule has 1 aromatic carbocycles. The van der Waals surface area contributed by atoms with Crippen LogP contribution in [0, 0.1) is 5.82 Å². The predicted molar refractivity (Wildman–Crippen MR) is 80.7 cm³/mol. The number of benzene rings is 1. The van der Waals surface area contributed by atoms with Crippen molar-refractivity contribution < 1.29 is 18.3 Å². The molecule has 0 radical (unpaired) electrons. The number of hydrogen-bond donors (Lipinski definition) is 0. The molecule has 0 N–H and O–H groups in total. The summed E-state index contributed by atoms with van der Waals surface area (Å²) in [5.41, 5.74) is -0.0913. The molecule has 0 aliphatic rings. The predicted octanol–water partition coefficient (Wildman–Crippen LogP) is 4.45. The Hall–Kier alpha value is -2.17. The Kier molecular flexibility index (Phi) is 4.35. The van der Waals surface area contributed by atoms with Gasteiger partial charge in [-0.05, 0) is 26.0 Å². The van der Waals surface area contributed by atoms with Gasteiger partial charge >= 0.3 is 0 Å². The van der Waals surface area contributed by atoms with Crippen LogP contribution >= 0.6 is 0 Å². The molecule has 22 heavy (non-hydrogen) atoms.